The number of carbonyl (C=O) groups is 1. The Balaban J connectivity index is 1.20. The van der Waals surface area contributed by atoms with E-state index in [9.17, 15) is 24.2 Å². The van der Waals surface area contributed by atoms with Gasteiger partial charge in [0, 0.05) is 43.2 Å². The highest BCUT2D eigenvalue weighted by Gasteiger charge is 2.65. The third kappa shape index (κ3) is 4.24. The monoisotopic (exact) mass is 547 g/mol. The predicted molar refractivity (Wildman–Crippen MR) is 124 cm³/mol. The van der Waals surface area contributed by atoms with Crippen molar-refractivity contribution in [1.82, 2.24) is 25.2 Å². The molecule has 14 heteroatoms. The number of ether oxygens (including phenoxy) is 1. The van der Waals surface area contributed by atoms with E-state index in [0.29, 0.717) is 48.5 Å². The standard InChI is InChI=1S/C23H23F6N5O2S/c24-17-10-30-20-19(32-22(33-20)23-9-15(11-36-23)31-12-23)18(17)13-5-7-34(8-6-13)21(35)14-1-3-16(4-2-14)37(25,26,27,28)29/h1-4,10,13,15,31H,5-9,11-12H2,(H,30,32,33)/t15-,23-/m1/s1. The Morgan fingerprint density at radius 3 is 2.38 bits per heavy atom. The second-order valence-corrected chi connectivity index (χ2v) is 12.4. The van der Waals surface area contributed by atoms with Crippen LogP contribution in [0.2, 0.25) is 0 Å². The van der Waals surface area contributed by atoms with Gasteiger partial charge in [-0.2, -0.15) is 0 Å². The van der Waals surface area contributed by atoms with Crippen molar-refractivity contribution in [3.63, 3.8) is 0 Å². The highest BCUT2D eigenvalue weighted by atomic mass is 32.5. The van der Waals surface area contributed by atoms with Gasteiger partial charge in [-0.1, -0.05) is 19.4 Å². The second kappa shape index (κ2) is 7.38. The zero-order valence-electron chi connectivity index (χ0n) is 19.3. The average molecular weight is 548 g/mol. The molecule has 0 unspecified atom stereocenters. The van der Waals surface area contributed by atoms with Gasteiger partial charge < -0.3 is 19.9 Å². The van der Waals surface area contributed by atoms with Crippen LogP contribution < -0.4 is 5.32 Å². The van der Waals surface area contributed by atoms with Gasteiger partial charge in [0.25, 0.3) is 5.91 Å². The Morgan fingerprint density at radius 2 is 1.81 bits per heavy atom. The fourth-order valence-corrected chi connectivity index (χ4v) is 6.21. The molecule has 2 N–H and O–H groups in total. The molecule has 1 amide bonds. The Kier molecular flexibility index (Phi) is 4.89. The first-order valence-corrected chi connectivity index (χ1v) is 13.7. The summed E-state index contributed by atoms with van der Waals surface area (Å²) < 4.78 is 85.8. The van der Waals surface area contributed by atoms with Crippen LogP contribution >= 0.6 is 10.2 Å². The molecule has 0 saturated carbocycles. The van der Waals surface area contributed by atoms with Crippen LogP contribution in [0.1, 0.15) is 46.9 Å². The molecule has 37 heavy (non-hydrogen) atoms. The summed E-state index contributed by atoms with van der Waals surface area (Å²) in [6.45, 7) is 1.60. The molecule has 0 radical (unpaired) electrons. The number of aromatic amines is 1. The number of morpholine rings is 1. The van der Waals surface area contributed by atoms with Gasteiger partial charge in [-0.05, 0) is 43.0 Å². The first-order chi connectivity index (χ1) is 17.2. The maximum Gasteiger partial charge on any atom is 0.310 e. The maximum absolute atomic E-state index is 15.0. The van der Waals surface area contributed by atoms with E-state index in [-0.39, 0.29) is 42.7 Å². The number of carbonyl (C=O) groups excluding carboxylic acids is 1. The Morgan fingerprint density at radius 1 is 1.11 bits per heavy atom. The quantitative estimate of drug-likeness (QED) is 0.430. The molecule has 2 aromatic heterocycles. The molecule has 5 heterocycles. The lowest BCUT2D eigenvalue weighted by Gasteiger charge is -2.40. The summed E-state index contributed by atoms with van der Waals surface area (Å²) in [7, 11) is -9.81. The minimum absolute atomic E-state index is 0.126. The van der Waals surface area contributed by atoms with Gasteiger partial charge >= 0.3 is 10.2 Å². The largest absolute Gasteiger partial charge is 0.364 e. The molecule has 0 aliphatic carbocycles. The van der Waals surface area contributed by atoms with Gasteiger partial charge in [-0.25, -0.2) is 14.4 Å². The minimum Gasteiger partial charge on any atom is -0.364 e. The molecule has 2 atom stereocenters. The molecule has 3 saturated heterocycles. The van der Waals surface area contributed by atoms with E-state index >= 15 is 4.39 Å². The lowest BCUT2D eigenvalue weighted by Crippen LogP contribution is -2.38. The maximum atomic E-state index is 15.0. The summed E-state index contributed by atoms with van der Waals surface area (Å²) in [6, 6.07) is 2.23. The van der Waals surface area contributed by atoms with E-state index in [1.54, 1.807) is 0 Å². The number of fused-ring (bicyclic) bond motifs is 3. The number of pyridine rings is 1. The number of benzene rings is 1. The number of H-pyrrole nitrogens is 1. The van der Waals surface area contributed by atoms with Crippen LogP contribution in [-0.4, -0.2) is 58.0 Å². The lowest BCUT2D eigenvalue weighted by atomic mass is 9.88. The zero-order valence-corrected chi connectivity index (χ0v) is 20.1. The fraction of sp³-hybridized carbons (Fsp3) is 0.435. The summed E-state index contributed by atoms with van der Waals surface area (Å²) in [5, 5.41) is 3.36. The number of imidazole rings is 1. The van der Waals surface area contributed by atoms with Gasteiger partial charge in [-0.15, -0.1) is 0 Å². The average Bonchev–Trinajstić information content (AvgIpc) is 3.58. The van der Waals surface area contributed by atoms with Crippen LogP contribution in [0, 0.1) is 5.82 Å². The van der Waals surface area contributed by atoms with Gasteiger partial charge in [0.05, 0.1) is 18.3 Å². The zero-order chi connectivity index (χ0) is 26.3. The van der Waals surface area contributed by atoms with E-state index in [1.165, 1.54) is 4.90 Å². The number of likely N-dealkylation sites (tertiary alicyclic amines) is 1. The third-order valence-electron chi connectivity index (χ3n) is 7.49. The number of hydrogen-bond donors (Lipinski definition) is 2. The fourth-order valence-electron chi connectivity index (χ4n) is 5.56. The summed E-state index contributed by atoms with van der Waals surface area (Å²) in [5.74, 6) is -0.727. The van der Waals surface area contributed by atoms with E-state index in [2.05, 4.69) is 20.3 Å². The van der Waals surface area contributed by atoms with Gasteiger partial charge in [0.1, 0.15) is 22.1 Å². The van der Waals surface area contributed by atoms with Crippen LogP contribution in [-0.2, 0) is 10.3 Å². The molecule has 0 spiro atoms. The minimum atomic E-state index is -9.81. The van der Waals surface area contributed by atoms with Crippen LogP contribution in [0.15, 0.2) is 35.4 Å². The second-order valence-electron chi connectivity index (χ2n) is 9.95. The number of nitrogens with zero attached hydrogens (tertiary/aromatic N) is 3. The van der Waals surface area contributed by atoms with E-state index in [4.69, 9.17) is 4.74 Å². The van der Waals surface area contributed by atoms with Crippen molar-refractivity contribution in [2.45, 2.75) is 41.7 Å². The summed E-state index contributed by atoms with van der Waals surface area (Å²) >= 11 is 0. The molecule has 3 aliphatic rings. The van der Waals surface area contributed by atoms with Crippen molar-refractivity contribution < 1.29 is 33.4 Å². The Labute approximate surface area is 207 Å². The number of amides is 1. The Hall–Kier alpha value is -2.84. The van der Waals surface area contributed by atoms with E-state index in [0.717, 1.165) is 24.8 Å². The lowest BCUT2D eigenvalue weighted by molar-refractivity contribution is -0.0154. The van der Waals surface area contributed by atoms with E-state index < -0.39 is 32.4 Å². The molecule has 2 bridgehead atoms. The van der Waals surface area contributed by atoms with Crippen molar-refractivity contribution in [3.05, 3.63) is 53.2 Å². The highest BCUT2D eigenvalue weighted by Crippen LogP contribution is 3.02. The Bertz CT molecular complexity index is 1400. The predicted octanol–water partition coefficient (Wildman–Crippen LogP) is 5.36. The third-order valence-corrected chi connectivity index (χ3v) is 8.66. The first kappa shape index (κ1) is 24.5. The van der Waals surface area contributed by atoms with Crippen LogP contribution in [0.25, 0.3) is 11.2 Å². The van der Waals surface area contributed by atoms with Crippen molar-refractivity contribution >= 4 is 27.3 Å². The number of piperidine rings is 1. The normalized spacial score (nSPS) is 26.4. The molecular weight excluding hydrogens is 524 g/mol. The van der Waals surface area contributed by atoms with Crippen molar-refractivity contribution in [2.75, 3.05) is 26.2 Å². The first-order valence-electron chi connectivity index (χ1n) is 11.8. The van der Waals surface area contributed by atoms with Crippen molar-refractivity contribution in [2.24, 2.45) is 0 Å². The molecule has 1 aromatic carbocycles. The summed E-state index contributed by atoms with van der Waals surface area (Å²) in [5.41, 5.74) is 0.566. The number of nitrogens with one attached hydrogen (secondary N) is 2. The molecular formula is C23H23F6N5O2S. The smallest absolute Gasteiger partial charge is 0.310 e. The summed E-state index contributed by atoms with van der Waals surface area (Å²) in [4.78, 5) is 24.2. The van der Waals surface area contributed by atoms with Crippen LogP contribution in [0.3, 0.4) is 0 Å². The molecule has 7 nitrogen and oxygen atoms in total. The topological polar surface area (TPSA) is 83.1 Å². The van der Waals surface area contributed by atoms with Crippen molar-refractivity contribution in [3.8, 4) is 0 Å². The molecule has 3 aromatic rings. The molecule has 3 fully saturated rings. The molecule has 6 rings (SSSR count). The number of aromatic nitrogens is 3. The van der Waals surface area contributed by atoms with Gasteiger partial charge in [0.15, 0.2) is 5.65 Å². The number of hydrogen-bond acceptors (Lipinski definition) is 5. The van der Waals surface area contributed by atoms with Crippen LogP contribution in [0.5, 0.6) is 0 Å². The number of halogens is 6. The van der Waals surface area contributed by atoms with Gasteiger partial charge in [-0.3, -0.25) is 4.79 Å². The summed E-state index contributed by atoms with van der Waals surface area (Å²) in [6.07, 6.45) is 2.67. The SMILES string of the molecule is O=C(c1ccc(S(F)(F)(F)(F)F)cc1)N1CCC(c2c(F)cnc3nc([C@@]45CN[C@@H](CO4)C5)[nH]c23)CC1. The van der Waals surface area contributed by atoms with Crippen molar-refractivity contribution in [1.29, 1.82) is 0 Å². The molecule has 200 valence electrons. The molecule has 3 aliphatic heterocycles. The number of rotatable bonds is 4. The highest BCUT2D eigenvalue weighted by molar-refractivity contribution is 8.45. The van der Waals surface area contributed by atoms with E-state index in [1.807, 2.05) is 0 Å². The van der Waals surface area contributed by atoms with Gasteiger partial charge in [0.2, 0.25) is 0 Å². The van der Waals surface area contributed by atoms with Crippen LogP contribution in [0.4, 0.5) is 23.8 Å².